The highest BCUT2D eigenvalue weighted by molar-refractivity contribution is 6.06. The molecule has 0 unspecified atom stereocenters. The Balaban J connectivity index is 1.26. The summed E-state index contributed by atoms with van der Waals surface area (Å²) >= 11 is 0. The van der Waals surface area contributed by atoms with Crippen molar-refractivity contribution in [3.63, 3.8) is 0 Å². The van der Waals surface area contributed by atoms with E-state index in [0.29, 0.717) is 47.9 Å². The predicted octanol–water partition coefficient (Wildman–Crippen LogP) is 6.02. The van der Waals surface area contributed by atoms with Crippen molar-refractivity contribution in [3.05, 3.63) is 71.6 Å². The minimum Gasteiger partial charge on any atom is -0.493 e. The summed E-state index contributed by atoms with van der Waals surface area (Å²) in [6.07, 6.45) is 13.1. The number of rotatable bonds is 10. The molecule has 0 radical (unpaired) electrons. The molecule has 2 aromatic heterocycles. The number of carbonyl (C=O) groups excluding carboxylic acids is 2. The summed E-state index contributed by atoms with van der Waals surface area (Å²) in [6, 6.07) is 10.9. The molecule has 0 aliphatic heterocycles. The smallest absolute Gasteiger partial charge is 0.328 e. The Kier molecular flexibility index (Phi) is 8.22. The zero-order valence-corrected chi connectivity index (χ0v) is 25.9. The fourth-order valence-electron chi connectivity index (χ4n) is 6.80. The van der Waals surface area contributed by atoms with E-state index in [1.807, 2.05) is 50.2 Å². The number of hydrogen-bond donors (Lipinski definition) is 3. The first-order valence-corrected chi connectivity index (χ1v) is 15.6. The summed E-state index contributed by atoms with van der Waals surface area (Å²) in [5, 5.41) is 20.6. The molecule has 0 spiro atoms. The fraction of sp³-hybridized carbons (Fsp3) is 0.371. The highest BCUT2D eigenvalue weighted by Crippen LogP contribution is 2.44. The van der Waals surface area contributed by atoms with Crippen LogP contribution in [0.25, 0.3) is 28.2 Å². The molecule has 3 N–H and O–H groups in total. The predicted molar refractivity (Wildman–Crippen MR) is 173 cm³/mol. The van der Waals surface area contributed by atoms with Gasteiger partial charge in [-0.05, 0) is 80.9 Å². The third kappa shape index (κ3) is 5.84. The molecular weight excluding hydrogens is 570 g/mol. The number of fused-ring (bicyclic) bond motifs is 1. The van der Waals surface area contributed by atoms with Crippen LogP contribution in [0.2, 0.25) is 0 Å². The summed E-state index contributed by atoms with van der Waals surface area (Å²) < 4.78 is 9.67. The number of carbonyl (C=O) groups is 3. The Morgan fingerprint density at radius 2 is 1.87 bits per heavy atom. The SMILES string of the molecule is CCOc1cc(NC(=O)C2(NC(=O)c3ccc4c(C5CCCC5)c(-c5cnn(C)c5)n(C)c4c3)CCC2)ccc1/C=C/C(=O)O. The molecule has 0 atom stereocenters. The molecule has 2 aliphatic carbocycles. The third-order valence-electron chi connectivity index (χ3n) is 9.22. The van der Waals surface area contributed by atoms with Gasteiger partial charge in [-0.3, -0.25) is 14.3 Å². The number of aryl methyl sites for hydroxylation is 2. The summed E-state index contributed by atoms with van der Waals surface area (Å²) in [5.41, 5.74) is 5.09. The maximum atomic E-state index is 13.7. The van der Waals surface area contributed by atoms with Crippen molar-refractivity contribution in [1.29, 1.82) is 0 Å². The van der Waals surface area contributed by atoms with Gasteiger partial charge in [0.05, 0.1) is 18.5 Å². The van der Waals surface area contributed by atoms with E-state index in [0.717, 1.165) is 47.5 Å². The molecule has 6 rings (SSSR count). The second kappa shape index (κ2) is 12.3. The standard InChI is InChI=1S/C35H39N5O5/c1-4-45-29-19-26(13-10-22(29)12-15-30(41)42)37-34(44)35(16-7-17-35)38-33(43)24-11-14-27-28(18-24)40(3)32(25-20-36-39(2)21-25)31(27)23-8-5-6-9-23/h10-15,18-21,23H,4-9,16-17H2,1-3H3,(H,37,44)(H,38,43)(H,41,42)/b15-12+. The van der Waals surface area contributed by atoms with Crippen LogP contribution >= 0.6 is 0 Å². The van der Waals surface area contributed by atoms with Crippen LogP contribution in [0.15, 0.2) is 54.9 Å². The Morgan fingerprint density at radius 1 is 1.09 bits per heavy atom. The van der Waals surface area contributed by atoms with Crippen LogP contribution in [-0.4, -0.2) is 49.4 Å². The van der Waals surface area contributed by atoms with Crippen molar-refractivity contribution in [2.75, 3.05) is 11.9 Å². The highest BCUT2D eigenvalue weighted by Gasteiger charge is 2.45. The number of carboxylic acids is 1. The van der Waals surface area contributed by atoms with Gasteiger partial charge in [0.2, 0.25) is 5.91 Å². The maximum absolute atomic E-state index is 13.7. The first-order chi connectivity index (χ1) is 21.7. The number of carboxylic acid groups (broad SMARTS) is 1. The van der Waals surface area contributed by atoms with E-state index in [1.165, 1.54) is 24.5 Å². The average molecular weight is 610 g/mol. The van der Waals surface area contributed by atoms with Crippen molar-refractivity contribution in [1.82, 2.24) is 19.7 Å². The highest BCUT2D eigenvalue weighted by atomic mass is 16.5. The Bertz CT molecular complexity index is 1810. The van der Waals surface area contributed by atoms with Gasteiger partial charge in [-0.15, -0.1) is 0 Å². The van der Waals surface area contributed by atoms with E-state index in [-0.39, 0.29) is 11.8 Å². The molecule has 0 saturated heterocycles. The van der Waals surface area contributed by atoms with Gasteiger partial charge >= 0.3 is 5.97 Å². The summed E-state index contributed by atoms with van der Waals surface area (Å²) in [7, 11) is 3.97. The number of aliphatic carboxylic acids is 1. The van der Waals surface area contributed by atoms with Gasteiger partial charge < -0.3 is 25.0 Å². The molecule has 45 heavy (non-hydrogen) atoms. The van der Waals surface area contributed by atoms with Crippen LogP contribution < -0.4 is 15.4 Å². The van der Waals surface area contributed by atoms with E-state index < -0.39 is 11.5 Å². The van der Waals surface area contributed by atoms with Crippen LogP contribution in [0.4, 0.5) is 5.69 Å². The zero-order chi connectivity index (χ0) is 31.7. The Hall–Kier alpha value is -4.86. The van der Waals surface area contributed by atoms with E-state index in [2.05, 4.69) is 26.4 Å². The second-order valence-electron chi connectivity index (χ2n) is 12.1. The molecule has 2 fully saturated rings. The van der Waals surface area contributed by atoms with Crippen LogP contribution in [0, 0.1) is 0 Å². The van der Waals surface area contributed by atoms with Gasteiger partial charge in [0, 0.05) is 65.7 Å². The van der Waals surface area contributed by atoms with Crippen LogP contribution in [0.3, 0.4) is 0 Å². The molecule has 2 heterocycles. The molecule has 10 nitrogen and oxygen atoms in total. The van der Waals surface area contributed by atoms with Crippen molar-refractivity contribution in [3.8, 4) is 17.0 Å². The molecule has 2 aliphatic rings. The first kappa shape index (κ1) is 30.2. The molecule has 0 bridgehead atoms. The second-order valence-corrected chi connectivity index (χ2v) is 12.1. The van der Waals surface area contributed by atoms with Gasteiger partial charge in [-0.2, -0.15) is 5.10 Å². The summed E-state index contributed by atoms with van der Waals surface area (Å²) in [6.45, 7) is 2.21. The molecule has 4 aromatic rings. The van der Waals surface area contributed by atoms with E-state index in [1.54, 1.807) is 18.2 Å². The molecule has 10 heteroatoms. The van der Waals surface area contributed by atoms with E-state index in [9.17, 15) is 14.4 Å². The number of aromatic nitrogens is 3. The monoisotopic (exact) mass is 609 g/mol. The normalized spacial score (nSPS) is 16.2. The lowest BCUT2D eigenvalue weighted by Crippen LogP contribution is -2.61. The number of benzene rings is 2. The molecule has 2 amide bonds. The maximum Gasteiger partial charge on any atom is 0.328 e. The number of nitrogens with zero attached hydrogens (tertiary/aromatic N) is 3. The number of nitrogens with one attached hydrogen (secondary N) is 2. The largest absolute Gasteiger partial charge is 0.493 e. The number of amides is 2. The van der Waals surface area contributed by atoms with Crippen LogP contribution in [0.5, 0.6) is 5.75 Å². The molecule has 234 valence electrons. The minimum absolute atomic E-state index is 0.289. The third-order valence-corrected chi connectivity index (χ3v) is 9.22. The van der Waals surface area contributed by atoms with Crippen molar-refractivity contribution in [2.24, 2.45) is 14.1 Å². The topological polar surface area (TPSA) is 127 Å². The Labute approximate surface area is 262 Å². The first-order valence-electron chi connectivity index (χ1n) is 15.6. The van der Waals surface area contributed by atoms with Crippen molar-refractivity contribution < 1.29 is 24.2 Å². The van der Waals surface area contributed by atoms with Gasteiger partial charge in [-0.25, -0.2) is 4.79 Å². The zero-order valence-electron chi connectivity index (χ0n) is 25.9. The van der Waals surface area contributed by atoms with Crippen molar-refractivity contribution in [2.45, 2.75) is 63.3 Å². The molecular formula is C35H39N5O5. The van der Waals surface area contributed by atoms with Crippen LogP contribution in [-0.2, 0) is 23.7 Å². The summed E-state index contributed by atoms with van der Waals surface area (Å²) in [5.74, 6) is -0.718. The number of ether oxygens (including phenoxy) is 1. The minimum atomic E-state index is -1.06. The molecule has 2 aromatic carbocycles. The number of anilines is 1. The fourth-order valence-corrected chi connectivity index (χ4v) is 6.80. The van der Waals surface area contributed by atoms with Crippen molar-refractivity contribution >= 4 is 40.4 Å². The van der Waals surface area contributed by atoms with E-state index >= 15 is 0 Å². The Morgan fingerprint density at radius 3 is 2.51 bits per heavy atom. The molecule has 2 saturated carbocycles. The lowest BCUT2D eigenvalue weighted by Gasteiger charge is -2.40. The average Bonchev–Trinajstić information content (AvgIpc) is 3.74. The van der Waals surface area contributed by atoms with Gasteiger partial charge in [0.15, 0.2) is 0 Å². The van der Waals surface area contributed by atoms with Gasteiger partial charge in [0.1, 0.15) is 11.3 Å². The van der Waals surface area contributed by atoms with Crippen LogP contribution in [0.1, 0.15) is 79.3 Å². The quantitative estimate of drug-likeness (QED) is 0.189. The lowest BCUT2D eigenvalue weighted by molar-refractivity contribution is -0.131. The summed E-state index contributed by atoms with van der Waals surface area (Å²) in [4.78, 5) is 38.3. The lowest BCUT2D eigenvalue weighted by atomic mass is 9.75. The van der Waals surface area contributed by atoms with Gasteiger partial charge in [-0.1, -0.05) is 18.9 Å². The van der Waals surface area contributed by atoms with E-state index in [4.69, 9.17) is 9.84 Å². The number of hydrogen-bond acceptors (Lipinski definition) is 5. The van der Waals surface area contributed by atoms with Gasteiger partial charge in [0.25, 0.3) is 5.91 Å².